The van der Waals surface area contributed by atoms with Gasteiger partial charge in [0.15, 0.2) is 0 Å². The van der Waals surface area contributed by atoms with Crippen LogP contribution in [0, 0.1) is 11.3 Å². The predicted octanol–water partition coefficient (Wildman–Crippen LogP) is 3.12. The third kappa shape index (κ3) is 2.28. The summed E-state index contributed by atoms with van der Waals surface area (Å²) >= 11 is 0. The van der Waals surface area contributed by atoms with E-state index in [1.807, 2.05) is 24.3 Å². The summed E-state index contributed by atoms with van der Waals surface area (Å²) in [6.07, 6.45) is 0. The average Bonchev–Trinajstić information content (AvgIpc) is 2.96. The topological polar surface area (TPSA) is 70.9 Å². The van der Waals surface area contributed by atoms with Gasteiger partial charge in [0.1, 0.15) is 17.3 Å². The molecule has 1 heterocycles. The molecule has 0 saturated heterocycles. The Morgan fingerprint density at radius 3 is 2.67 bits per heavy atom. The van der Waals surface area contributed by atoms with Gasteiger partial charge in [-0.2, -0.15) is 5.26 Å². The van der Waals surface area contributed by atoms with E-state index < -0.39 is 0 Å². The van der Waals surface area contributed by atoms with Crippen molar-refractivity contribution in [1.82, 2.24) is 9.97 Å². The minimum Gasteiger partial charge on any atom is -0.497 e. The molecule has 0 aliphatic rings. The second-order valence-electron chi connectivity index (χ2n) is 4.50. The minimum atomic E-state index is 0.593. The number of ether oxygens (including phenoxy) is 2. The van der Waals surface area contributed by atoms with E-state index in [-0.39, 0.29) is 0 Å². The molecule has 1 N–H and O–H groups in total. The van der Waals surface area contributed by atoms with Crippen LogP contribution in [0.3, 0.4) is 0 Å². The Hall–Kier alpha value is -3.00. The zero-order valence-corrected chi connectivity index (χ0v) is 11.7. The summed E-state index contributed by atoms with van der Waals surface area (Å²) < 4.78 is 10.6. The first-order chi connectivity index (χ1) is 10.2. The highest BCUT2D eigenvalue weighted by Crippen LogP contribution is 2.32. The number of fused-ring (bicyclic) bond motifs is 1. The Balaban J connectivity index is 2.18. The molecule has 0 saturated carbocycles. The normalized spacial score (nSPS) is 10.3. The summed E-state index contributed by atoms with van der Waals surface area (Å²) in [5.41, 5.74) is 3.02. The third-order valence-corrected chi connectivity index (χ3v) is 3.27. The number of nitrogens with zero attached hydrogens (tertiary/aromatic N) is 2. The van der Waals surface area contributed by atoms with Gasteiger partial charge in [-0.1, -0.05) is 0 Å². The van der Waals surface area contributed by atoms with Crippen LogP contribution in [0.5, 0.6) is 11.5 Å². The molecule has 0 fully saturated rings. The lowest BCUT2D eigenvalue weighted by atomic mass is 10.2. The van der Waals surface area contributed by atoms with Crippen molar-refractivity contribution in [1.29, 1.82) is 5.26 Å². The first-order valence-electron chi connectivity index (χ1n) is 6.37. The van der Waals surface area contributed by atoms with Crippen LogP contribution in [0.2, 0.25) is 0 Å². The van der Waals surface area contributed by atoms with Gasteiger partial charge in [-0.3, -0.25) is 0 Å². The number of imidazole rings is 1. The third-order valence-electron chi connectivity index (χ3n) is 3.27. The minimum absolute atomic E-state index is 0.593. The molecule has 0 aliphatic carbocycles. The van der Waals surface area contributed by atoms with Crippen LogP contribution in [-0.2, 0) is 0 Å². The molecule has 0 bridgehead atoms. The van der Waals surface area contributed by atoms with Gasteiger partial charge in [0.25, 0.3) is 0 Å². The van der Waals surface area contributed by atoms with Crippen LogP contribution in [0.15, 0.2) is 36.4 Å². The van der Waals surface area contributed by atoms with Gasteiger partial charge in [-0.15, -0.1) is 0 Å². The van der Waals surface area contributed by atoms with Crippen molar-refractivity contribution >= 4 is 11.0 Å². The fraction of sp³-hybridized carbons (Fsp3) is 0.125. The van der Waals surface area contributed by atoms with Crippen molar-refractivity contribution in [2.24, 2.45) is 0 Å². The van der Waals surface area contributed by atoms with Crippen LogP contribution < -0.4 is 9.47 Å². The number of rotatable bonds is 3. The van der Waals surface area contributed by atoms with Gasteiger partial charge in [-0.25, -0.2) is 4.98 Å². The largest absolute Gasteiger partial charge is 0.497 e. The predicted molar refractivity (Wildman–Crippen MR) is 79.3 cm³/mol. The number of nitriles is 1. The van der Waals surface area contributed by atoms with Crippen molar-refractivity contribution in [3.63, 3.8) is 0 Å². The Morgan fingerprint density at radius 2 is 1.95 bits per heavy atom. The summed E-state index contributed by atoms with van der Waals surface area (Å²) in [7, 11) is 3.23. The zero-order chi connectivity index (χ0) is 14.8. The number of aromatic amines is 1. The number of hydrogen-bond donors (Lipinski definition) is 1. The molecular weight excluding hydrogens is 266 g/mol. The van der Waals surface area contributed by atoms with E-state index >= 15 is 0 Å². The maximum Gasteiger partial charge on any atom is 0.142 e. The fourth-order valence-corrected chi connectivity index (χ4v) is 2.21. The summed E-state index contributed by atoms with van der Waals surface area (Å²) in [5, 5.41) is 8.95. The van der Waals surface area contributed by atoms with E-state index in [9.17, 15) is 0 Å². The lowest BCUT2D eigenvalue weighted by Crippen LogP contribution is -1.91. The number of aromatic nitrogens is 2. The van der Waals surface area contributed by atoms with Crippen LogP contribution in [0.1, 0.15) is 5.56 Å². The van der Waals surface area contributed by atoms with E-state index in [1.165, 1.54) is 0 Å². The van der Waals surface area contributed by atoms with Gasteiger partial charge in [0, 0.05) is 0 Å². The number of nitrogens with one attached hydrogen (secondary N) is 1. The van der Waals surface area contributed by atoms with Crippen LogP contribution >= 0.6 is 0 Å². The number of methoxy groups -OCH3 is 2. The van der Waals surface area contributed by atoms with Crippen molar-refractivity contribution in [3.05, 3.63) is 42.0 Å². The average molecular weight is 279 g/mol. The van der Waals surface area contributed by atoms with E-state index in [4.69, 9.17) is 14.7 Å². The van der Waals surface area contributed by atoms with Gasteiger partial charge in [0.2, 0.25) is 0 Å². The maximum atomic E-state index is 8.95. The van der Waals surface area contributed by atoms with Crippen molar-refractivity contribution < 1.29 is 9.47 Å². The van der Waals surface area contributed by atoms with E-state index in [2.05, 4.69) is 16.0 Å². The lowest BCUT2D eigenvalue weighted by molar-refractivity contribution is 0.404. The van der Waals surface area contributed by atoms with Crippen molar-refractivity contribution in [2.75, 3.05) is 14.2 Å². The number of benzene rings is 2. The van der Waals surface area contributed by atoms with Gasteiger partial charge >= 0.3 is 0 Å². The van der Waals surface area contributed by atoms with Crippen molar-refractivity contribution in [2.45, 2.75) is 0 Å². The summed E-state index contributed by atoms with van der Waals surface area (Å²) in [6, 6.07) is 13.0. The summed E-state index contributed by atoms with van der Waals surface area (Å²) in [5.74, 6) is 2.11. The standard InChI is InChI=1S/C16H13N3O2/c1-20-11-4-6-15(21-2)12(8-11)16-18-13-5-3-10(9-17)7-14(13)19-16/h3-8H,1-2H3,(H,18,19). The summed E-state index contributed by atoms with van der Waals surface area (Å²) in [6.45, 7) is 0. The molecule has 0 aliphatic heterocycles. The quantitative estimate of drug-likeness (QED) is 0.799. The molecule has 0 radical (unpaired) electrons. The Morgan fingerprint density at radius 1 is 1.10 bits per heavy atom. The van der Waals surface area contributed by atoms with E-state index in [0.717, 1.165) is 22.3 Å². The van der Waals surface area contributed by atoms with Crippen LogP contribution in [0.4, 0.5) is 0 Å². The molecule has 104 valence electrons. The second kappa shape index (κ2) is 5.17. The number of H-pyrrole nitrogens is 1. The molecule has 21 heavy (non-hydrogen) atoms. The lowest BCUT2D eigenvalue weighted by Gasteiger charge is -2.08. The maximum absolute atomic E-state index is 8.95. The molecule has 1 aromatic heterocycles. The van der Waals surface area contributed by atoms with Crippen molar-refractivity contribution in [3.8, 4) is 29.0 Å². The molecule has 0 spiro atoms. The van der Waals surface area contributed by atoms with Crippen LogP contribution in [0.25, 0.3) is 22.4 Å². The van der Waals surface area contributed by atoms with E-state index in [1.54, 1.807) is 26.4 Å². The first kappa shape index (κ1) is 13.0. The van der Waals surface area contributed by atoms with Gasteiger partial charge < -0.3 is 14.5 Å². The molecule has 5 nitrogen and oxygen atoms in total. The fourth-order valence-electron chi connectivity index (χ4n) is 2.21. The second-order valence-corrected chi connectivity index (χ2v) is 4.50. The molecule has 3 rings (SSSR count). The highest BCUT2D eigenvalue weighted by atomic mass is 16.5. The van der Waals surface area contributed by atoms with Gasteiger partial charge in [0.05, 0.1) is 42.4 Å². The van der Waals surface area contributed by atoms with Crippen LogP contribution in [-0.4, -0.2) is 24.2 Å². The Bertz CT molecular complexity index is 846. The first-order valence-corrected chi connectivity index (χ1v) is 6.37. The molecule has 5 heteroatoms. The Kier molecular flexibility index (Phi) is 3.20. The molecule has 0 atom stereocenters. The SMILES string of the molecule is COc1ccc(OC)c(-c2nc3ccc(C#N)cc3[nH]2)c1. The van der Waals surface area contributed by atoms with Gasteiger partial charge in [-0.05, 0) is 36.4 Å². The monoisotopic (exact) mass is 279 g/mol. The molecular formula is C16H13N3O2. The molecule has 3 aromatic rings. The molecule has 0 amide bonds. The number of hydrogen-bond acceptors (Lipinski definition) is 4. The smallest absolute Gasteiger partial charge is 0.142 e. The van der Waals surface area contributed by atoms with E-state index in [0.29, 0.717) is 17.1 Å². The Labute approximate surface area is 121 Å². The highest BCUT2D eigenvalue weighted by molar-refractivity contribution is 5.82. The molecule has 2 aromatic carbocycles. The zero-order valence-electron chi connectivity index (χ0n) is 11.7. The highest BCUT2D eigenvalue weighted by Gasteiger charge is 2.12. The molecule has 0 unspecified atom stereocenters. The summed E-state index contributed by atoms with van der Waals surface area (Å²) in [4.78, 5) is 7.76.